The van der Waals surface area contributed by atoms with Crippen LogP contribution >= 0.6 is 0 Å². The van der Waals surface area contributed by atoms with Crippen molar-refractivity contribution in [2.24, 2.45) is 5.41 Å². The highest BCUT2D eigenvalue weighted by molar-refractivity contribution is 4.78. The quantitative estimate of drug-likeness (QED) is 0.505. The molecule has 0 spiro atoms. The lowest BCUT2D eigenvalue weighted by atomic mass is 9.74. The summed E-state index contributed by atoms with van der Waals surface area (Å²) < 4.78 is 0. The van der Waals surface area contributed by atoms with E-state index in [4.69, 9.17) is 0 Å². The SMILES string of the molecule is [CH2]CC1(C)CCCCC1. The van der Waals surface area contributed by atoms with E-state index in [0.717, 1.165) is 6.42 Å². The van der Waals surface area contributed by atoms with Crippen LogP contribution in [0.1, 0.15) is 45.4 Å². The molecule has 1 fully saturated rings. The van der Waals surface area contributed by atoms with E-state index in [2.05, 4.69) is 13.8 Å². The smallest absolute Gasteiger partial charge is 0.0326 e. The van der Waals surface area contributed by atoms with E-state index in [0.29, 0.717) is 5.41 Å². The molecule has 0 aromatic carbocycles. The molecule has 1 aliphatic carbocycles. The Balaban J connectivity index is 2.37. The van der Waals surface area contributed by atoms with Gasteiger partial charge in [-0.25, -0.2) is 0 Å². The minimum Gasteiger partial charge on any atom is -0.0596 e. The zero-order chi connectivity index (χ0) is 6.74. The Morgan fingerprint density at radius 1 is 1.22 bits per heavy atom. The van der Waals surface area contributed by atoms with Gasteiger partial charge in [0.15, 0.2) is 0 Å². The summed E-state index contributed by atoms with van der Waals surface area (Å²) in [7, 11) is 0. The van der Waals surface area contributed by atoms with Crippen molar-refractivity contribution in [3.05, 3.63) is 6.92 Å². The molecular formula is C9H17. The molecule has 0 saturated heterocycles. The summed E-state index contributed by atoms with van der Waals surface area (Å²) in [5.74, 6) is 0. The van der Waals surface area contributed by atoms with Gasteiger partial charge in [-0.05, 0) is 24.7 Å². The Morgan fingerprint density at radius 3 is 2.11 bits per heavy atom. The van der Waals surface area contributed by atoms with Crippen molar-refractivity contribution in [2.45, 2.75) is 45.4 Å². The van der Waals surface area contributed by atoms with Crippen LogP contribution in [0.2, 0.25) is 0 Å². The molecule has 53 valence electrons. The first-order valence-corrected chi connectivity index (χ1v) is 4.06. The van der Waals surface area contributed by atoms with Crippen molar-refractivity contribution >= 4 is 0 Å². The van der Waals surface area contributed by atoms with Gasteiger partial charge in [0.1, 0.15) is 0 Å². The Bertz CT molecular complexity index is 78.0. The van der Waals surface area contributed by atoms with E-state index < -0.39 is 0 Å². The molecule has 1 rings (SSSR count). The largest absolute Gasteiger partial charge is 0.0596 e. The Labute approximate surface area is 58.7 Å². The van der Waals surface area contributed by atoms with Gasteiger partial charge in [-0.1, -0.05) is 33.1 Å². The van der Waals surface area contributed by atoms with Gasteiger partial charge in [-0.2, -0.15) is 0 Å². The molecule has 0 nitrogen and oxygen atoms in total. The standard InChI is InChI=1S/C9H17/c1-3-9(2)7-5-4-6-8-9/h1,3-8H2,2H3. The van der Waals surface area contributed by atoms with E-state index in [9.17, 15) is 0 Å². The summed E-state index contributed by atoms with van der Waals surface area (Å²) >= 11 is 0. The summed E-state index contributed by atoms with van der Waals surface area (Å²) in [5.41, 5.74) is 0.609. The van der Waals surface area contributed by atoms with Crippen molar-refractivity contribution < 1.29 is 0 Å². The summed E-state index contributed by atoms with van der Waals surface area (Å²) in [6.45, 7) is 6.36. The fourth-order valence-corrected chi connectivity index (χ4v) is 1.66. The van der Waals surface area contributed by atoms with Gasteiger partial charge in [-0.15, -0.1) is 0 Å². The fourth-order valence-electron chi connectivity index (χ4n) is 1.66. The molecule has 0 heteroatoms. The molecule has 1 saturated carbocycles. The first-order chi connectivity index (χ1) is 4.27. The van der Waals surface area contributed by atoms with Crippen molar-refractivity contribution in [3.8, 4) is 0 Å². The fraction of sp³-hybridized carbons (Fsp3) is 0.889. The van der Waals surface area contributed by atoms with Gasteiger partial charge in [0.25, 0.3) is 0 Å². The van der Waals surface area contributed by atoms with Crippen LogP contribution in [-0.4, -0.2) is 0 Å². The molecule has 1 aliphatic rings. The van der Waals surface area contributed by atoms with Crippen molar-refractivity contribution in [1.29, 1.82) is 0 Å². The van der Waals surface area contributed by atoms with Crippen LogP contribution in [0, 0.1) is 12.3 Å². The van der Waals surface area contributed by atoms with Crippen LogP contribution in [0.5, 0.6) is 0 Å². The second-order valence-corrected chi connectivity index (χ2v) is 3.62. The van der Waals surface area contributed by atoms with Crippen LogP contribution in [0.3, 0.4) is 0 Å². The van der Waals surface area contributed by atoms with E-state index >= 15 is 0 Å². The maximum atomic E-state index is 3.98. The number of rotatable bonds is 1. The highest BCUT2D eigenvalue weighted by Crippen LogP contribution is 2.37. The third-order valence-electron chi connectivity index (χ3n) is 2.66. The molecule has 0 aliphatic heterocycles. The molecule has 0 N–H and O–H groups in total. The Morgan fingerprint density at radius 2 is 1.78 bits per heavy atom. The van der Waals surface area contributed by atoms with E-state index in [-0.39, 0.29) is 0 Å². The molecule has 0 aromatic rings. The monoisotopic (exact) mass is 125 g/mol. The lowest BCUT2D eigenvalue weighted by Gasteiger charge is -2.32. The predicted molar refractivity (Wildman–Crippen MR) is 41.2 cm³/mol. The summed E-state index contributed by atoms with van der Waals surface area (Å²) in [4.78, 5) is 0. The van der Waals surface area contributed by atoms with E-state index in [1.165, 1.54) is 32.1 Å². The Hall–Kier alpha value is 0. The molecule has 0 atom stereocenters. The molecular weight excluding hydrogens is 108 g/mol. The van der Waals surface area contributed by atoms with Crippen LogP contribution in [0.15, 0.2) is 0 Å². The molecule has 0 bridgehead atoms. The molecule has 1 radical (unpaired) electrons. The first-order valence-electron chi connectivity index (χ1n) is 4.06. The van der Waals surface area contributed by atoms with Crippen molar-refractivity contribution in [3.63, 3.8) is 0 Å². The van der Waals surface area contributed by atoms with Gasteiger partial charge < -0.3 is 0 Å². The van der Waals surface area contributed by atoms with E-state index in [1.807, 2.05) is 0 Å². The van der Waals surface area contributed by atoms with Gasteiger partial charge in [-0.3, -0.25) is 0 Å². The lowest BCUT2D eigenvalue weighted by molar-refractivity contribution is 0.218. The van der Waals surface area contributed by atoms with Crippen molar-refractivity contribution in [1.82, 2.24) is 0 Å². The number of hydrogen-bond acceptors (Lipinski definition) is 0. The summed E-state index contributed by atoms with van der Waals surface area (Å²) in [6, 6.07) is 0. The highest BCUT2D eigenvalue weighted by Gasteiger charge is 2.23. The van der Waals surface area contributed by atoms with Gasteiger partial charge in [0.2, 0.25) is 0 Å². The second-order valence-electron chi connectivity index (χ2n) is 3.62. The van der Waals surface area contributed by atoms with Crippen LogP contribution in [0.4, 0.5) is 0 Å². The Kier molecular flexibility index (Phi) is 2.15. The lowest BCUT2D eigenvalue weighted by Crippen LogP contribution is -2.18. The van der Waals surface area contributed by atoms with Crippen molar-refractivity contribution in [2.75, 3.05) is 0 Å². The molecule has 0 unspecified atom stereocenters. The normalized spacial score (nSPS) is 26.0. The minimum absolute atomic E-state index is 0.609. The highest BCUT2D eigenvalue weighted by atomic mass is 14.3. The van der Waals surface area contributed by atoms with E-state index in [1.54, 1.807) is 0 Å². The zero-order valence-corrected chi connectivity index (χ0v) is 6.45. The van der Waals surface area contributed by atoms with Gasteiger partial charge >= 0.3 is 0 Å². The van der Waals surface area contributed by atoms with Crippen LogP contribution in [0.25, 0.3) is 0 Å². The van der Waals surface area contributed by atoms with Crippen LogP contribution < -0.4 is 0 Å². The maximum absolute atomic E-state index is 3.98. The zero-order valence-electron chi connectivity index (χ0n) is 6.45. The molecule has 0 aromatic heterocycles. The summed E-state index contributed by atoms with van der Waals surface area (Å²) in [5, 5.41) is 0. The topological polar surface area (TPSA) is 0 Å². The molecule has 9 heavy (non-hydrogen) atoms. The van der Waals surface area contributed by atoms with Gasteiger partial charge in [0.05, 0.1) is 0 Å². The maximum Gasteiger partial charge on any atom is -0.0326 e. The minimum atomic E-state index is 0.609. The van der Waals surface area contributed by atoms with Crippen LogP contribution in [-0.2, 0) is 0 Å². The molecule has 0 heterocycles. The number of hydrogen-bond donors (Lipinski definition) is 0. The third kappa shape index (κ3) is 1.70. The second kappa shape index (κ2) is 2.72. The predicted octanol–water partition coefficient (Wildman–Crippen LogP) is 3.18. The molecule has 0 amide bonds. The first kappa shape index (κ1) is 7.11. The summed E-state index contributed by atoms with van der Waals surface area (Å²) in [6.07, 6.45) is 8.29. The average Bonchev–Trinajstić information content (AvgIpc) is 1.90. The van der Waals surface area contributed by atoms with Gasteiger partial charge in [0, 0.05) is 0 Å². The average molecular weight is 125 g/mol. The third-order valence-corrected chi connectivity index (χ3v) is 2.66.